The van der Waals surface area contributed by atoms with Gasteiger partial charge in [-0.2, -0.15) is 0 Å². The summed E-state index contributed by atoms with van der Waals surface area (Å²) in [6, 6.07) is 11.7. The summed E-state index contributed by atoms with van der Waals surface area (Å²) in [5.74, 6) is -2.21. The third-order valence-corrected chi connectivity index (χ3v) is 8.43. The zero-order valence-corrected chi connectivity index (χ0v) is 21.3. The van der Waals surface area contributed by atoms with Crippen LogP contribution in [0.5, 0.6) is 0 Å². The number of nitrogens with zero attached hydrogens (tertiary/aromatic N) is 2. The van der Waals surface area contributed by atoms with Crippen molar-refractivity contribution >= 4 is 28.9 Å². The normalized spacial score (nSPS) is 22.6. The van der Waals surface area contributed by atoms with Gasteiger partial charge in [-0.25, -0.2) is 18.0 Å². The molecule has 1 aromatic heterocycles. The predicted molar refractivity (Wildman–Crippen MR) is 135 cm³/mol. The van der Waals surface area contributed by atoms with Crippen molar-refractivity contribution in [1.82, 2.24) is 0 Å². The van der Waals surface area contributed by atoms with Crippen molar-refractivity contribution in [2.24, 2.45) is 5.92 Å². The second-order valence-corrected chi connectivity index (χ2v) is 11.0. The number of fused-ring (bicyclic) bond motifs is 3. The van der Waals surface area contributed by atoms with Crippen molar-refractivity contribution < 1.29 is 32.0 Å². The SMILES string of the molecule is Cc1cc(CN(C(=O)OC2C[N+]3(CC(=O)c4cccs4)CCC2CC3)c2cccc(F)c2)cc(F)c1F. The molecular weight excluding hydrogens is 501 g/mol. The fourth-order valence-electron chi connectivity index (χ4n) is 5.57. The fourth-order valence-corrected chi connectivity index (χ4v) is 6.22. The van der Waals surface area contributed by atoms with Crippen molar-refractivity contribution in [3.8, 4) is 0 Å². The van der Waals surface area contributed by atoms with E-state index >= 15 is 0 Å². The molecule has 4 heterocycles. The molecule has 9 heteroatoms. The highest BCUT2D eigenvalue weighted by molar-refractivity contribution is 7.12. The highest BCUT2D eigenvalue weighted by Gasteiger charge is 2.49. The molecule has 2 aromatic carbocycles. The second kappa shape index (κ2) is 10.3. The molecule has 3 saturated heterocycles. The molecule has 0 saturated carbocycles. The van der Waals surface area contributed by atoms with E-state index in [-0.39, 0.29) is 29.5 Å². The minimum absolute atomic E-state index is 0.0931. The summed E-state index contributed by atoms with van der Waals surface area (Å²) in [7, 11) is 0. The maximum atomic E-state index is 14.1. The van der Waals surface area contributed by atoms with E-state index in [2.05, 4.69) is 0 Å². The van der Waals surface area contributed by atoms with Crippen LogP contribution in [0.4, 0.5) is 23.7 Å². The maximum Gasteiger partial charge on any atom is 0.415 e. The Morgan fingerprint density at radius 2 is 1.86 bits per heavy atom. The van der Waals surface area contributed by atoms with Gasteiger partial charge in [-0.1, -0.05) is 18.2 Å². The zero-order chi connectivity index (χ0) is 26.2. The number of carbonyl (C=O) groups is 2. The lowest BCUT2D eigenvalue weighted by Gasteiger charge is -2.51. The smallest absolute Gasteiger partial charge is 0.415 e. The first-order valence-corrected chi connectivity index (χ1v) is 13.2. The molecule has 3 aliphatic heterocycles. The average molecular weight is 530 g/mol. The summed E-state index contributed by atoms with van der Waals surface area (Å²) in [4.78, 5) is 28.3. The van der Waals surface area contributed by atoms with E-state index in [1.807, 2.05) is 17.5 Å². The van der Waals surface area contributed by atoms with Gasteiger partial charge < -0.3 is 9.22 Å². The number of Topliss-reactive ketones (excluding diaryl/α,β-unsaturated/α-hetero) is 1. The molecule has 6 rings (SSSR count). The maximum absolute atomic E-state index is 14.1. The van der Waals surface area contributed by atoms with E-state index in [4.69, 9.17) is 4.74 Å². The third kappa shape index (κ3) is 5.43. The summed E-state index contributed by atoms with van der Waals surface area (Å²) in [6.07, 6.45) is 0.610. The molecule has 0 aliphatic carbocycles. The Bertz CT molecular complexity index is 1280. The first kappa shape index (κ1) is 25.5. The number of quaternary nitrogens is 1. The highest BCUT2D eigenvalue weighted by Crippen LogP contribution is 2.36. The number of benzene rings is 2. The molecule has 2 bridgehead atoms. The summed E-state index contributed by atoms with van der Waals surface area (Å²) in [5.41, 5.74) is 0.726. The standard InChI is InChI=1S/C28H28F3N2O3S/c1-18-12-19(13-23(30)27(18)31)15-32(22-5-2-4-21(29)14-22)28(35)36-25-17-33(9-7-20(25)8-10-33)16-24(34)26-6-3-11-37-26/h2-6,11-14,20,25H,7-10,15-17H2,1H3/q+1. The van der Waals surface area contributed by atoms with Crippen LogP contribution in [0.3, 0.4) is 0 Å². The van der Waals surface area contributed by atoms with E-state index in [1.165, 1.54) is 47.4 Å². The Hall–Kier alpha value is -3.17. The summed E-state index contributed by atoms with van der Waals surface area (Å²) in [5, 5.41) is 1.88. The minimum atomic E-state index is -1.01. The molecule has 5 nitrogen and oxygen atoms in total. The van der Waals surface area contributed by atoms with Crippen LogP contribution in [0.15, 0.2) is 53.9 Å². The lowest BCUT2D eigenvalue weighted by molar-refractivity contribution is -0.938. The number of hydrogen-bond donors (Lipinski definition) is 0. The van der Waals surface area contributed by atoms with Crippen LogP contribution in [-0.4, -0.2) is 48.6 Å². The molecular formula is C28H28F3N2O3S+. The van der Waals surface area contributed by atoms with Crippen molar-refractivity contribution in [3.05, 3.63) is 87.4 Å². The Kier molecular flexibility index (Phi) is 7.09. The van der Waals surface area contributed by atoms with E-state index in [0.717, 1.165) is 36.9 Å². The van der Waals surface area contributed by atoms with Gasteiger partial charge in [0, 0.05) is 18.8 Å². The minimum Gasteiger partial charge on any atom is -0.440 e. The molecule has 1 unspecified atom stereocenters. The Labute approximate surface area is 217 Å². The summed E-state index contributed by atoms with van der Waals surface area (Å²) >= 11 is 1.43. The van der Waals surface area contributed by atoms with Gasteiger partial charge in [-0.3, -0.25) is 9.69 Å². The molecule has 1 amide bonds. The number of ether oxygens (including phenoxy) is 1. The molecule has 194 valence electrons. The van der Waals surface area contributed by atoms with Crippen molar-refractivity contribution in [3.63, 3.8) is 0 Å². The number of halogens is 3. The van der Waals surface area contributed by atoms with E-state index in [1.54, 1.807) is 6.07 Å². The Balaban J connectivity index is 1.36. The molecule has 3 aliphatic rings. The first-order chi connectivity index (χ1) is 17.7. The van der Waals surface area contributed by atoms with E-state index in [0.29, 0.717) is 23.1 Å². The van der Waals surface area contributed by atoms with Gasteiger partial charge in [0.25, 0.3) is 0 Å². The summed E-state index contributed by atoms with van der Waals surface area (Å²) in [6.45, 7) is 3.95. The third-order valence-electron chi connectivity index (χ3n) is 7.52. The van der Waals surface area contributed by atoms with E-state index in [9.17, 15) is 22.8 Å². The molecule has 3 aromatic rings. The topological polar surface area (TPSA) is 46.6 Å². The molecule has 1 atom stereocenters. The van der Waals surface area contributed by atoms with Gasteiger partial charge in [0.15, 0.2) is 17.7 Å². The van der Waals surface area contributed by atoms with Crippen LogP contribution >= 0.6 is 11.3 Å². The number of carbonyl (C=O) groups excluding carboxylic acids is 2. The van der Waals surface area contributed by atoms with Crippen LogP contribution in [0.1, 0.15) is 33.6 Å². The first-order valence-electron chi connectivity index (χ1n) is 12.3. The van der Waals surface area contributed by atoms with E-state index < -0.39 is 29.6 Å². The van der Waals surface area contributed by atoms with Crippen LogP contribution in [-0.2, 0) is 11.3 Å². The number of hydrogen-bond acceptors (Lipinski definition) is 4. The fraction of sp³-hybridized carbons (Fsp3) is 0.357. The van der Waals surface area contributed by atoms with Gasteiger partial charge in [-0.15, -0.1) is 11.3 Å². The lowest BCUT2D eigenvalue weighted by Crippen LogP contribution is -2.66. The monoisotopic (exact) mass is 529 g/mol. The van der Waals surface area contributed by atoms with Gasteiger partial charge in [-0.05, 0) is 53.8 Å². The van der Waals surface area contributed by atoms with Crippen LogP contribution in [0.25, 0.3) is 0 Å². The lowest BCUT2D eigenvalue weighted by atomic mass is 9.83. The molecule has 0 radical (unpaired) electrons. The van der Waals surface area contributed by atoms with Crippen molar-refractivity contribution in [1.29, 1.82) is 0 Å². The van der Waals surface area contributed by atoms with Gasteiger partial charge >= 0.3 is 6.09 Å². The number of piperidine rings is 3. The molecule has 0 spiro atoms. The van der Waals surface area contributed by atoms with Gasteiger partial charge in [0.1, 0.15) is 18.9 Å². The van der Waals surface area contributed by atoms with Crippen molar-refractivity contribution in [2.45, 2.75) is 32.4 Å². The average Bonchev–Trinajstić information content (AvgIpc) is 3.41. The van der Waals surface area contributed by atoms with Crippen LogP contribution in [0.2, 0.25) is 0 Å². The number of thiophene rings is 1. The number of amides is 1. The zero-order valence-electron chi connectivity index (χ0n) is 20.5. The quantitative estimate of drug-likeness (QED) is 0.274. The summed E-state index contributed by atoms with van der Waals surface area (Å²) < 4.78 is 48.6. The van der Waals surface area contributed by atoms with Crippen LogP contribution in [0, 0.1) is 30.3 Å². The molecule has 3 fully saturated rings. The van der Waals surface area contributed by atoms with Crippen LogP contribution < -0.4 is 4.90 Å². The predicted octanol–water partition coefficient (Wildman–Crippen LogP) is 6.11. The molecule has 37 heavy (non-hydrogen) atoms. The van der Waals surface area contributed by atoms with Gasteiger partial charge in [0.05, 0.1) is 30.2 Å². The van der Waals surface area contributed by atoms with Crippen molar-refractivity contribution in [2.75, 3.05) is 31.1 Å². The highest BCUT2D eigenvalue weighted by atomic mass is 32.1. The largest absolute Gasteiger partial charge is 0.440 e. The second-order valence-electron chi connectivity index (χ2n) is 10.1. The van der Waals surface area contributed by atoms with Gasteiger partial charge in [0.2, 0.25) is 5.78 Å². The number of anilines is 1. The number of rotatable bonds is 7. The number of ketones is 1. The Morgan fingerprint density at radius 1 is 1.08 bits per heavy atom. The number of aryl methyl sites for hydroxylation is 1. The molecule has 0 N–H and O–H groups in total. The Morgan fingerprint density at radius 3 is 2.54 bits per heavy atom.